The van der Waals surface area contributed by atoms with Crippen LogP contribution in [0.2, 0.25) is 5.02 Å². The van der Waals surface area contributed by atoms with E-state index in [1.807, 2.05) is 25.3 Å². The highest BCUT2D eigenvalue weighted by atomic mass is 35.5. The molecular weight excluding hydrogens is 236 g/mol. The molecule has 0 unspecified atom stereocenters. The number of nitrogens with two attached hydrogens (primary N) is 1. The molecule has 1 heterocycles. The molecule has 0 spiro atoms. The topological polar surface area (TPSA) is 67.6 Å². The maximum Gasteiger partial charge on any atom is 0.148 e. The molecule has 2 N–H and O–H groups in total. The number of hydrogen-bond acceptors (Lipinski definition) is 3. The van der Waals surface area contributed by atoms with Gasteiger partial charge in [-0.25, -0.2) is 0 Å². The Hall–Kier alpha value is -1.99. The third-order valence-corrected chi connectivity index (χ3v) is 2.85. The van der Waals surface area contributed by atoms with E-state index < -0.39 is 0 Å². The molecule has 0 aliphatic rings. The second kappa shape index (κ2) is 4.48. The zero-order valence-electron chi connectivity index (χ0n) is 9.31. The molecule has 0 radical (unpaired) electrons. The molecule has 0 bridgehead atoms. The Kier molecular flexibility index (Phi) is 3.03. The lowest BCUT2D eigenvalue weighted by atomic mass is 10.1. The third-order valence-electron chi connectivity index (χ3n) is 2.50. The zero-order chi connectivity index (χ0) is 12.4. The molecule has 0 atom stereocenters. The highest BCUT2D eigenvalue weighted by molar-refractivity contribution is 6.31. The smallest absolute Gasteiger partial charge is 0.148 e. The minimum atomic E-state index is 0.523. The molecule has 0 amide bonds. The fourth-order valence-corrected chi connectivity index (χ4v) is 1.78. The van der Waals surface area contributed by atoms with Crippen LogP contribution in [0.4, 0.5) is 5.82 Å². The van der Waals surface area contributed by atoms with Gasteiger partial charge in [-0.15, -0.1) is 0 Å². The molecule has 0 saturated carbocycles. The van der Waals surface area contributed by atoms with E-state index in [-0.39, 0.29) is 0 Å². The van der Waals surface area contributed by atoms with Crippen molar-refractivity contribution in [3.8, 4) is 6.07 Å². The summed E-state index contributed by atoms with van der Waals surface area (Å²) < 4.78 is 1.73. The van der Waals surface area contributed by atoms with Gasteiger partial charge < -0.3 is 5.73 Å². The molecule has 0 saturated heterocycles. The summed E-state index contributed by atoms with van der Waals surface area (Å²) in [6, 6.07) is 7.26. The SMILES string of the molecule is Cc1cn(Cc2ccc(C#N)cc2Cl)nc1N. The molecule has 2 aromatic rings. The lowest BCUT2D eigenvalue weighted by Crippen LogP contribution is -2.01. The zero-order valence-corrected chi connectivity index (χ0v) is 10.1. The van der Waals surface area contributed by atoms with Crippen LogP contribution in [0.15, 0.2) is 24.4 Å². The highest BCUT2D eigenvalue weighted by Crippen LogP contribution is 2.19. The second-order valence-corrected chi connectivity index (χ2v) is 4.22. The summed E-state index contributed by atoms with van der Waals surface area (Å²) in [4.78, 5) is 0. The summed E-state index contributed by atoms with van der Waals surface area (Å²) >= 11 is 6.08. The number of halogens is 1. The van der Waals surface area contributed by atoms with Crippen LogP contribution in [0.5, 0.6) is 0 Å². The summed E-state index contributed by atoms with van der Waals surface area (Å²) in [5.41, 5.74) is 8.07. The van der Waals surface area contributed by atoms with E-state index >= 15 is 0 Å². The molecule has 1 aromatic carbocycles. The lowest BCUT2D eigenvalue weighted by Gasteiger charge is -2.04. The Bertz CT molecular complexity index is 576. The number of nitrogen functional groups attached to an aromatic ring is 1. The number of rotatable bonds is 2. The number of nitrogens with zero attached hydrogens (tertiary/aromatic N) is 3. The quantitative estimate of drug-likeness (QED) is 0.884. The van der Waals surface area contributed by atoms with Gasteiger partial charge in [-0.3, -0.25) is 4.68 Å². The van der Waals surface area contributed by atoms with Gasteiger partial charge >= 0.3 is 0 Å². The molecule has 2 rings (SSSR count). The van der Waals surface area contributed by atoms with Crippen molar-refractivity contribution in [2.24, 2.45) is 0 Å². The fourth-order valence-electron chi connectivity index (χ4n) is 1.54. The summed E-state index contributed by atoms with van der Waals surface area (Å²) in [6.07, 6.45) is 1.86. The first kappa shape index (κ1) is 11.5. The summed E-state index contributed by atoms with van der Waals surface area (Å²) in [5, 5.41) is 13.5. The molecule has 0 aliphatic carbocycles. The Morgan fingerprint density at radius 1 is 1.53 bits per heavy atom. The van der Waals surface area contributed by atoms with E-state index in [0.717, 1.165) is 11.1 Å². The summed E-state index contributed by atoms with van der Waals surface area (Å²) in [5.74, 6) is 0.523. The van der Waals surface area contributed by atoms with Gasteiger partial charge in [0.25, 0.3) is 0 Å². The fraction of sp³-hybridized carbons (Fsp3) is 0.167. The average molecular weight is 247 g/mol. The summed E-state index contributed by atoms with van der Waals surface area (Å²) in [7, 11) is 0. The minimum Gasteiger partial charge on any atom is -0.382 e. The van der Waals surface area contributed by atoms with Gasteiger partial charge in [0.2, 0.25) is 0 Å². The Morgan fingerprint density at radius 2 is 2.29 bits per heavy atom. The summed E-state index contributed by atoms with van der Waals surface area (Å²) in [6.45, 7) is 2.45. The van der Waals surface area contributed by atoms with Crippen molar-refractivity contribution >= 4 is 17.4 Å². The molecule has 0 fully saturated rings. The van der Waals surface area contributed by atoms with Crippen LogP contribution in [0, 0.1) is 18.3 Å². The van der Waals surface area contributed by atoms with E-state index in [0.29, 0.717) is 22.9 Å². The van der Waals surface area contributed by atoms with Crippen LogP contribution in [0.3, 0.4) is 0 Å². The molecule has 17 heavy (non-hydrogen) atoms. The van der Waals surface area contributed by atoms with Gasteiger partial charge in [-0.05, 0) is 24.6 Å². The van der Waals surface area contributed by atoms with Crippen molar-refractivity contribution in [3.63, 3.8) is 0 Å². The standard InChI is InChI=1S/C12H11ClN4/c1-8-6-17(16-12(8)15)7-10-3-2-9(5-14)4-11(10)13/h2-4,6H,7H2,1H3,(H2,15,16). The van der Waals surface area contributed by atoms with Crippen molar-refractivity contribution in [1.82, 2.24) is 9.78 Å². The monoisotopic (exact) mass is 246 g/mol. The van der Waals surface area contributed by atoms with Crippen molar-refractivity contribution in [2.45, 2.75) is 13.5 Å². The maximum atomic E-state index is 8.74. The largest absolute Gasteiger partial charge is 0.382 e. The van der Waals surface area contributed by atoms with Crippen molar-refractivity contribution in [3.05, 3.63) is 46.1 Å². The van der Waals surface area contributed by atoms with E-state index in [1.54, 1.807) is 16.8 Å². The third kappa shape index (κ3) is 2.40. The van der Waals surface area contributed by atoms with Gasteiger partial charge in [-0.2, -0.15) is 10.4 Å². The van der Waals surface area contributed by atoms with Gasteiger partial charge in [0.1, 0.15) is 5.82 Å². The van der Waals surface area contributed by atoms with Crippen LogP contribution in [-0.2, 0) is 6.54 Å². The lowest BCUT2D eigenvalue weighted by molar-refractivity contribution is 0.690. The maximum absolute atomic E-state index is 8.74. The van der Waals surface area contributed by atoms with Crippen LogP contribution in [-0.4, -0.2) is 9.78 Å². The predicted octanol–water partition coefficient (Wildman–Crippen LogP) is 2.35. The van der Waals surface area contributed by atoms with E-state index in [4.69, 9.17) is 22.6 Å². The molecular formula is C12H11ClN4. The number of aryl methyl sites for hydroxylation is 1. The van der Waals surface area contributed by atoms with Crippen LogP contribution in [0.25, 0.3) is 0 Å². The Labute approximate surface area is 104 Å². The number of benzene rings is 1. The predicted molar refractivity (Wildman–Crippen MR) is 66.6 cm³/mol. The number of hydrogen-bond donors (Lipinski definition) is 1. The van der Waals surface area contributed by atoms with Gasteiger partial charge in [0.05, 0.1) is 18.2 Å². The Balaban J connectivity index is 2.28. The normalized spacial score (nSPS) is 10.2. The van der Waals surface area contributed by atoms with E-state index in [2.05, 4.69) is 5.10 Å². The average Bonchev–Trinajstić information content (AvgIpc) is 2.61. The molecule has 5 heteroatoms. The van der Waals surface area contributed by atoms with Gasteiger partial charge in [0.15, 0.2) is 0 Å². The van der Waals surface area contributed by atoms with Crippen LogP contribution < -0.4 is 5.73 Å². The first-order valence-corrected chi connectivity index (χ1v) is 5.46. The first-order chi connectivity index (χ1) is 8.10. The van der Waals surface area contributed by atoms with E-state index in [1.165, 1.54) is 0 Å². The van der Waals surface area contributed by atoms with Crippen molar-refractivity contribution in [2.75, 3.05) is 5.73 Å². The van der Waals surface area contributed by atoms with Crippen molar-refractivity contribution in [1.29, 1.82) is 5.26 Å². The Morgan fingerprint density at radius 3 is 2.82 bits per heavy atom. The number of aromatic nitrogens is 2. The minimum absolute atomic E-state index is 0.523. The van der Waals surface area contributed by atoms with Crippen LogP contribution in [0.1, 0.15) is 16.7 Å². The second-order valence-electron chi connectivity index (χ2n) is 3.81. The van der Waals surface area contributed by atoms with Gasteiger partial charge in [0, 0.05) is 16.8 Å². The molecule has 0 aliphatic heterocycles. The molecule has 1 aromatic heterocycles. The number of nitriles is 1. The van der Waals surface area contributed by atoms with Gasteiger partial charge in [-0.1, -0.05) is 17.7 Å². The van der Waals surface area contributed by atoms with Crippen LogP contribution >= 0.6 is 11.6 Å². The molecule has 86 valence electrons. The highest BCUT2D eigenvalue weighted by Gasteiger charge is 2.05. The van der Waals surface area contributed by atoms with E-state index in [9.17, 15) is 0 Å². The number of anilines is 1. The van der Waals surface area contributed by atoms with Crippen molar-refractivity contribution < 1.29 is 0 Å². The molecule has 4 nitrogen and oxygen atoms in total. The first-order valence-electron chi connectivity index (χ1n) is 5.08.